The molecule has 11 heteroatoms. The fourth-order valence-corrected chi connectivity index (χ4v) is 5.95. The summed E-state index contributed by atoms with van der Waals surface area (Å²) in [6.07, 6.45) is 8.18. The summed E-state index contributed by atoms with van der Waals surface area (Å²) in [7, 11) is 0. The number of H-pyrrole nitrogens is 1. The van der Waals surface area contributed by atoms with Crippen LogP contribution in [-0.4, -0.2) is 40.7 Å². The summed E-state index contributed by atoms with van der Waals surface area (Å²) in [5.41, 5.74) is 2.52. The lowest BCUT2D eigenvalue weighted by Crippen LogP contribution is -2.31. The van der Waals surface area contributed by atoms with Crippen LogP contribution in [0, 0.1) is 23.7 Å². The molecule has 10 nitrogen and oxygen atoms in total. The first-order valence-corrected chi connectivity index (χ1v) is 14.5. The molecule has 4 aromatic rings. The third-order valence-corrected chi connectivity index (χ3v) is 8.76. The largest absolute Gasteiger partial charge is 0.439 e. The number of aromatic nitrogens is 7. The van der Waals surface area contributed by atoms with Crippen molar-refractivity contribution in [1.82, 2.24) is 34.6 Å². The van der Waals surface area contributed by atoms with E-state index in [0.717, 1.165) is 29.8 Å². The molecule has 4 heterocycles. The average molecular weight is 549 g/mol. The smallest absolute Gasteiger partial charge is 0.365 e. The van der Waals surface area contributed by atoms with Crippen LogP contribution in [0.3, 0.4) is 0 Å². The number of anilines is 1. The van der Waals surface area contributed by atoms with Crippen molar-refractivity contribution < 1.29 is 8.91 Å². The molecule has 2 aliphatic carbocycles. The summed E-state index contributed by atoms with van der Waals surface area (Å²) in [6.45, 7) is 9.26. The van der Waals surface area contributed by atoms with E-state index in [0.29, 0.717) is 41.4 Å². The van der Waals surface area contributed by atoms with Gasteiger partial charge in [-0.05, 0) is 74.0 Å². The predicted octanol–water partition coefficient (Wildman–Crippen LogP) is 5.92. The molecule has 1 atom stereocenters. The molecule has 0 saturated heterocycles. The van der Waals surface area contributed by atoms with E-state index in [1.165, 1.54) is 38.2 Å². The zero-order valence-electron chi connectivity index (χ0n) is 23.6. The van der Waals surface area contributed by atoms with Crippen LogP contribution in [0.25, 0.3) is 34.3 Å². The minimum Gasteiger partial charge on any atom is -0.365 e. The molecule has 2 saturated carbocycles. The van der Waals surface area contributed by atoms with Gasteiger partial charge in [-0.1, -0.05) is 45.2 Å². The van der Waals surface area contributed by atoms with E-state index >= 15 is 0 Å². The van der Waals surface area contributed by atoms with Gasteiger partial charge in [-0.15, -0.1) is 0 Å². The summed E-state index contributed by atoms with van der Waals surface area (Å²) in [5, 5.41) is 7.45. The Bertz CT molecular complexity index is 1560. The topological polar surface area (TPSA) is 127 Å². The maximum Gasteiger partial charge on any atom is 0.439 e. The quantitative estimate of drug-likeness (QED) is 0.260. The van der Waals surface area contributed by atoms with Crippen LogP contribution in [0.5, 0.6) is 0 Å². The number of imidazole rings is 1. The van der Waals surface area contributed by atoms with Gasteiger partial charge in [-0.3, -0.25) is 9.51 Å². The van der Waals surface area contributed by atoms with Crippen molar-refractivity contribution in [3.05, 3.63) is 34.2 Å². The number of hydrogen-bond acceptors (Lipinski definition) is 8. The molecule has 4 aromatic heterocycles. The van der Waals surface area contributed by atoms with E-state index in [4.69, 9.17) is 19.5 Å². The maximum atomic E-state index is 14.8. The van der Waals surface area contributed by atoms with Crippen molar-refractivity contribution in [2.75, 3.05) is 5.32 Å². The minimum atomic E-state index is -0.682. The molecule has 2 fully saturated rings. The number of hydrogen-bond donors (Lipinski definition) is 2. The van der Waals surface area contributed by atoms with Gasteiger partial charge in [0.25, 0.3) is 0 Å². The van der Waals surface area contributed by atoms with E-state index in [-0.39, 0.29) is 23.6 Å². The number of halogens is 1. The molecule has 2 N–H and O–H groups in total. The van der Waals surface area contributed by atoms with Gasteiger partial charge in [0.2, 0.25) is 17.6 Å². The Morgan fingerprint density at radius 2 is 1.85 bits per heavy atom. The van der Waals surface area contributed by atoms with Crippen LogP contribution in [0.15, 0.2) is 21.5 Å². The number of nitrogens with one attached hydrogen (secondary N) is 2. The Labute approximate surface area is 232 Å². The van der Waals surface area contributed by atoms with E-state index in [9.17, 15) is 9.18 Å². The van der Waals surface area contributed by atoms with Crippen LogP contribution in [0.4, 0.5) is 10.2 Å². The highest BCUT2D eigenvalue weighted by atomic mass is 19.1. The zero-order valence-corrected chi connectivity index (χ0v) is 23.6. The number of nitrogens with zero attached hydrogens (tertiary/aromatic N) is 6. The average Bonchev–Trinajstić information content (AvgIpc) is 3.47. The van der Waals surface area contributed by atoms with E-state index in [1.807, 2.05) is 19.9 Å². The molecule has 0 amide bonds. The molecule has 0 aliphatic heterocycles. The Morgan fingerprint density at radius 3 is 2.50 bits per heavy atom. The molecule has 0 aromatic carbocycles. The number of fused-ring (bicyclic) bond motifs is 1. The normalized spacial score (nSPS) is 20.6. The van der Waals surface area contributed by atoms with E-state index < -0.39 is 11.7 Å². The second-order valence-electron chi connectivity index (χ2n) is 12.1. The third kappa shape index (κ3) is 5.25. The first kappa shape index (κ1) is 26.6. The van der Waals surface area contributed by atoms with Gasteiger partial charge in [0.1, 0.15) is 11.2 Å². The molecule has 0 bridgehead atoms. The van der Waals surface area contributed by atoms with Gasteiger partial charge in [-0.2, -0.15) is 4.39 Å². The van der Waals surface area contributed by atoms with Crippen LogP contribution in [0.1, 0.15) is 84.1 Å². The minimum absolute atomic E-state index is 0.129. The summed E-state index contributed by atoms with van der Waals surface area (Å²) in [5.74, 6) is 2.17. The lowest BCUT2D eigenvalue weighted by Gasteiger charge is -2.32. The van der Waals surface area contributed by atoms with Crippen molar-refractivity contribution >= 4 is 17.0 Å². The maximum absolute atomic E-state index is 14.8. The molecule has 0 radical (unpaired) electrons. The highest BCUT2D eigenvalue weighted by Gasteiger charge is 2.29. The number of pyridine rings is 1. The Morgan fingerprint density at radius 1 is 1.07 bits per heavy atom. The third-order valence-electron chi connectivity index (χ3n) is 8.76. The molecule has 40 heavy (non-hydrogen) atoms. The lowest BCUT2D eigenvalue weighted by molar-refractivity contribution is 0.267. The lowest BCUT2D eigenvalue weighted by atomic mass is 9.80. The van der Waals surface area contributed by atoms with Crippen LogP contribution >= 0.6 is 0 Å². The first-order chi connectivity index (χ1) is 19.2. The van der Waals surface area contributed by atoms with Crippen molar-refractivity contribution in [1.29, 1.82) is 0 Å². The second kappa shape index (κ2) is 10.7. The van der Waals surface area contributed by atoms with E-state index in [2.05, 4.69) is 38.9 Å². The molecule has 1 unspecified atom stereocenters. The van der Waals surface area contributed by atoms with E-state index in [1.54, 1.807) is 0 Å². The van der Waals surface area contributed by atoms with Gasteiger partial charge >= 0.3 is 5.76 Å². The number of rotatable bonds is 8. The summed E-state index contributed by atoms with van der Waals surface area (Å²) < 4.78 is 21.7. The zero-order chi connectivity index (χ0) is 28.0. The monoisotopic (exact) mass is 548 g/mol. The van der Waals surface area contributed by atoms with Gasteiger partial charge in [-0.25, -0.2) is 24.7 Å². The Kier molecular flexibility index (Phi) is 7.14. The van der Waals surface area contributed by atoms with Gasteiger partial charge in [0, 0.05) is 12.6 Å². The Hall–Kier alpha value is -3.63. The van der Waals surface area contributed by atoms with Crippen LogP contribution in [0.2, 0.25) is 0 Å². The summed E-state index contributed by atoms with van der Waals surface area (Å²) in [4.78, 5) is 33.0. The highest BCUT2D eigenvalue weighted by molar-refractivity contribution is 5.88. The summed E-state index contributed by atoms with van der Waals surface area (Å²) >= 11 is 0. The second-order valence-corrected chi connectivity index (χ2v) is 12.1. The molecule has 2 aliphatic rings. The standard InChI is InChI=1S/C29H37FN8O2/c1-15(2)20-12-21(32-22(30)13-20)28-35-25-23(38(28)14-18-10-8-16(3)9-11-18)24(31-17(4)19-6-5-7-19)33-26(34-25)27-36-29(39)40-37-27/h12-13,15-19H,5-11,14H2,1-4H3,(H,31,33,34)(H,36,37,39). The highest BCUT2D eigenvalue weighted by Crippen LogP contribution is 2.37. The van der Waals surface area contributed by atoms with Crippen molar-refractivity contribution in [3.63, 3.8) is 0 Å². The summed E-state index contributed by atoms with van der Waals surface area (Å²) in [6, 6.07) is 3.58. The van der Waals surface area contributed by atoms with Crippen LogP contribution in [-0.2, 0) is 6.54 Å². The Balaban J connectivity index is 1.54. The molecule has 6 rings (SSSR count). The van der Waals surface area contributed by atoms with Crippen LogP contribution < -0.4 is 11.1 Å². The molecule has 212 valence electrons. The predicted molar refractivity (Wildman–Crippen MR) is 150 cm³/mol. The van der Waals surface area contributed by atoms with Crippen molar-refractivity contribution in [3.8, 4) is 23.2 Å². The van der Waals surface area contributed by atoms with Crippen molar-refractivity contribution in [2.45, 2.75) is 91.1 Å². The molecule has 0 spiro atoms. The van der Waals surface area contributed by atoms with Gasteiger partial charge < -0.3 is 9.88 Å². The van der Waals surface area contributed by atoms with Crippen molar-refractivity contribution in [2.24, 2.45) is 17.8 Å². The molecular formula is C29H37FN8O2. The van der Waals surface area contributed by atoms with Gasteiger partial charge in [0.05, 0.1) is 0 Å². The molecular weight excluding hydrogens is 511 g/mol. The number of aromatic amines is 1. The fraction of sp³-hybridized carbons (Fsp3) is 0.586. The fourth-order valence-electron chi connectivity index (χ4n) is 5.95. The van der Waals surface area contributed by atoms with Gasteiger partial charge in [0.15, 0.2) is 17.3 Å². The SMILES string of the molecule is CC1CCC(Cn2c(-c3cc(C(C)C)cc(F)n3)nc3nc(-c4noc(=O)[nH]4)nc(NC(C)C4CCC4)c32)CC1. The first-order valence-electron chi connectivity index (χ1n) is 14.5.